The number of benzene rings is 1. The Balaban J connectivity index is 1.65. The van der Waals surface area contributed by atoms with Gasteiger partial charge in [-0.2, -0.15) is 13.2 Å². The predicted molar refractivity (Wildman–Crippen MR) is 105 cm³/mol. The second-order valence-corrected chi connectivity index (χ2v) is 9.37. The molecule has 4 rings (SSSR count). The van der Waals surface area contributed by atoms with Crippen LogP contribution in [0, 0.1) is 11.2 Å². The molecule has 174 valence electrons. The SMILES string of the molecule is NC(=O)c1ccc(-n2ccc(OCC3(C(F)(F)F)CC3)n2)nc1S(=O)(=O)c1ccc(F)cc1. The quantitative estimate of drug-likeness (QED) is 0.407. The van der Waals surface area contributed by atoms with Crippen LogP contribution >= 0.6 is 0 Å². The van der Waals surface area contributed by atoms with E-state index in [1.54, 1.807) is 0 Å². The van der Waals surface area contributed by atoms with E-state index in [0.717, 1.165) is 35.0 Å². The summed E-state index contributed by atoms with van der Waals surface area (Å²) in [6.07, 6.45) is -3.13. The van der Waals surface area contributed by atoms with Gasteiger partial charge in [0.1, 0.15) is 17.8 Å². The molecule has 1 amide bonds. The molecule has 3 aromatic rings. The van der Waals surface area contributed by atoms with Crippen molar-refractivity contribution in [1.82, 2.24) is 14.8 Å². The van der Waals surface area contributed by atoms with Gasteiger partial charge < -0.3 is 10.5 Å². The van der Waals surface area contributed by atoms with Crippen LogP contribution < -0.4 is 10.5 Å². The maximum Gasteiger partial charge on any atom is 0.397 e. The van der Waals surface area contributed by atoms with E-state index in [1.807, 2.05) is 0 Å². The highest BCUT2D eigenvalue weighted by Crippen LogP contribution is 2.57. The highest BCUT2D eigenvalue weighted by atomic mass is 32.2. The third-order valence-corrected chi connectivity index (χ3v) is 6.95. The molecule has 1 fully saturated rings. The molecule has 0 saturated heterocycles. The fraction of sp³-hybridized carbons (Fsp3) is 0.250. The molecule has 0 aliphatic heterocycles. The second-order valence-electron chi connectivity index (χ2n) is 7.51. The Morgan fingerprint density at radius 3 is 2.36 bits per heavy atom. The van der Waals surface area contributed by atoms with Crippen molar-refractivity contribution in [3.8, 4) is 11.7 Å². The van der Waals surface area contributed by atoms with Crippen molar-refractivity contribution in [1.29, 1.82) is 0 Å². The molecule has 1 aromatic carbocycles. The van der Waals surface area contributed by atoms with E-state index in [1.165, 1.54) is 18.3 Å². The van der Waals surface area contributed by atoms with Crippen molar-refractivity contribution in [3.05, 3.63) is 60.0 Å². The van der Waals surface area contributed by atoms with E-state index in [2.05, 4.69) is 10.1 Å². The van der Waals surface area contributed by atoms with E-state index in [0.29, 0.717) is 0 Å². The van der Waals surface area contributed by atoms with E-state index in [4.69, 9.17) is 10.5 Å². The van der Waals surface area contributed by atoms with Crippen LogP contribution in [-0.2, 0) is 9.84 Å². The summed E-state index contributed by atoms with van der Waals surface area (Å²) in [4.78, 5) is 15.5. The van der Waals surface area contributed by atoms with Gasteiger partial charge in [0.05, 0.1) is 10.5 Å². The van der Waals surface area contributed by atoms with Crippen LogP contribution in [0.1, 0.15) is 23.2 Å². The first-order valence-corrected chi connectivity index (χ1v) is 11.0. The zero-order chi connectivity index (χ0) is 24.0. The minimum absolute atomic E-state index is 0.0298. The van der Waals surface area contributed by atoms with Gasteiger partial charge >= 0.3 is 6.18 Å². The number of hydrogen-bond acceptors (Lipinski definition) is 6. The first-order valence-electron chi connectivity index (χ1n) is 9.50. The minimum Gasteiger partial charge on any atom is -0.476 e. The van der Waals surface area contributed by atoms with Crippen LogP contribution in [0.2, 0.25) is 0 Å². The van der Waals surface area contributed by atoms with Crippen LogP contribution in [0.4, 0.5) is 17.6 Å². The molecule has 0 atom stereocenters. The number of ether oxygens (including phenoxy) is 1. The third-order valence-electron chi connectivity index (χ3n) is 5.24. The zero-order valence-electron chi connectivity index (χ0n) is 16.7. The van der Waals surface area contributed by atoms with Gasteiger partial charge in [0, 0.05) is 12.3 Å². The Bertz CT molecular complexity index is 1320. The molecule has 0 spiro atoms. The Morgan fingerprint density at radius 1 is 1.12 bits per heavy atom. The topological polar surface area (TPSA) is 117 Å². The molecule has 13 heteroatoms. The summed E-state index contributed by atoms with van der Waals surface area (Å²) in [6, 6.07) is 7.59. The maximum absolute atomic E-state index is 13.2. The molecule has 2 N–H and O–H groups in total. The summed E-state index contributed by atoms with van der Waals surface area (Å²) < 4.78 is 84.7. The number of carbonyl (C=O) groups excluding carboxylic acids is 1. The van der Waals surface area contributed by atoms with Crippen LogP contribution in [0.15, 0.2) is 58.6 Å². The number of alkyl halides is 3. The summed E-state index contributed by atoms with van der Waals surface area (Å²) in [5.41, 5.74) is 3.01. The van der Waals surface area contributed by atoms with E-state index in [-0.39, 0.29) is 29.4 Å². The number of nitrogens with two attached hydrogens (primary N) is 1. The normalized spacial score (nSPS) is 15.3. The van der Waals surface area contributed by atoms with E-state index in [9.17, 15) is 30.8 Å². The molecular weight excluding hydrogens is 468 g/mol. The van der Waals surface area contributed by atoms with Crippen LogP contribution in [0.25, 0.3) is 5.82 Å². The van der Waals surface area contributed by atoms with Gasteiger partial charge in [0.2, 0.25) is 15.7 Å². The van der Waals surface area contributed by atoms with Crippen LogP contribution in [0.5, 0.6) is 5.88 Å². The van der Waals surface area contributed by atoms with E-state index >= 15 is 0 Å². The van der Waals surface area contributed by atoms with Crippen molar-refractivity contribution in [2.75, 3.05) is 6.61 Å². The fourth-order valence-electron chi connectivity index (χ4n) is 3.06. The lowest BCUT2D eigenvalue weighted by atomic mass is 10.1. The molecule has 0 bridgehead atoms. The minimum atomic E-state index is -4.38. The number of amides is 1. The molecular formula is C20H16F4N4O4S. The summed E-state index contributed by atoms with van der Waals surface area (Å²) in [5, 5.41) is 3.30. The number of primary amides is 1. The van der Waals surface area contributed by atoms with Gasteiger partial charge in [-0.3, -0.25) is 4.79 Å². The monoisotopic (exact) mass is 484 g/mol. The smallest absolute Gasteiger partial charge is 0.397 e. The Hall–Kier alpha value is -3.48. The summed E-state index contributed by atoms with van der Waals surface area (Å²) >= 11 is 0. The van der Waals surface area contributed by atoms with Crippen LogP contribution in [0.3, 0.4) is 0 Å². The summed E-state index contributed by atoms with van der Waals surface area (Å²) in [6.45, 7) is -0.592. The standard InChI is InChI=1S/C20H16F4N4O4S/c21-12-1-3-13(4-2-12)33(30,31)18-14(17(25)29)5-6-15(26-18)28-10-7-16(27-28)32-11-19(8-9-19)20(22,23)24/h1-7,10H,8-9,11H2,(H2,25,29). The average Bonchev–Trinajstić information content (AvgIpc) is 3.42. The highest BCUT2D eigenvalue weighted by molar-refractivity contribution is 7.91. The molecule has 0 unspecified atom stereocenters. The van der Waals surface area contributed by atoms with Gasteiger partial charge in [0.25, 0.3) is 5.91 Å². The first kappa shape index (κ1) is 22.7. The molecule has 1 aliphatic rings. The number of hydrogen-bond donors (Lipinski definition) is 1. The molecule has 33 heavy (non-hydrogen) atoms. The van der Waals surface area contributed by atoms with Crippen molar-refractivity contribution in [2.24, 2.45) is 11.1 Å². The van der Waals surface area contributed by atoms with Gasteiger partial charge in [-0.15, -0.1) is 5.10 Å². The molecule has 2 aromatic heterocycles. The number of sulfone groups is 1. The number of rotatable bonds is 7. The number of halogens is 4. The third kappa shape index (κ3) is 4.27. The van der Waals surface area contributed by atoms with E-state index < -0.39 is 50.3 Å². The molecule has 8 nitrogen and oxygen atoms in total. The number of pyridine rings is 1. The number of nitrogens with zero attached hydrogens (tertiary/aromatic N) is 3. The van der Waals surface area contributed by atoms with Crippen molar-refractivity contribution in [3.63, 3.8) is 0 Å². The second kappa shape index (κ2) is 7.83. The van der Waals surface area contributed by atoms with Crippen molar-refractivity contribution >= 4 is 15.7 Å². The molecule has 0 radical (unpaired) electrons. The summed E-state index contributed by atoms with van der Waals surface area (Å²) in [7, 11) is -4.37. The number of carbonyl (C=O) groups is 1. The lowest BCUT2D eigenvalue weighted by molar-refractivity contribution is -0.194. The first-order chi connectivity index (χ1) is 15.4. The van der Waals surface area contributed by atoms with Crippen LogP contribution in [-0.4, -0.2) is 41.9 Å². The average molecular weight is 484 g/mol. The summed E-state index contributed by atoms with van der Waals surface area (Å²) in [5.74, 6) is -1.89. The maximum atomic E-state index is 13.2. The van der Waals surface area contributed by atoms with Gasteiger partial charge in [0.15, 0.2) is 10.8 Å². The molecule has 1 aliphatic carbocycles. The Morgan fingerprint density at radius 2 is 1.79 bits per heavy atom. The highest BCUT2D eigenvalue weighted by Gasteiger charge is 2.64. The lowest BCUT2D eigenvalue weighted by Gasteiger charge is -2.18. The predicted octanol–water partition coefficient (Wildman–Crippen LogP) is 3.06. The van der Waals surface area contributed by atoms with Gasteiger partial charge in [-0.25, -0.2) is 22.5 Å². The zero-order valence-corrected chi connectivity index (χ0v) is 17.5. The van der Waals surface area contributed by atoms with Gasteiger partial charge in [-0.05, 0) is 49.2 Å². The van der Waals surface area contributed by atoms with Gasteiger partial charge in [-0.1, -0.05) is 0 Å². The Kier molecular flexibility index (Phi) is 5.39. The lowest BCUT2D eigenvalue weighted by Crippen LogP contribution is -2.30. The number of aromatic nitrogens is 3. The fourth-order valence-corrected chi connectivity index (χ4v) is 4.45. The van der Waals surface area contributed by atoms with Crippen molar-refractivity contribution in [2.45, 2.75) is 28.9 Å². The van der Waals surface area contributed by atoms with Crippen molar-refractivity contribution < 1.29 is 35.5 Å². The Labute approximate surface area is 184 Å². The molecule has 2 heterocycles. The molecule has 1 saturated carbocycles. The largest absolute Gasteiger partial charge is 0.476 e.